The summed E-state index contributed by atoms with van der Waals surface area (Å²) in [5.74, 6) is 0.880. The Kier molecular flexibility index (Phi) is 6.44. The summed E-state index contributed by atoms with van der Waals surface area (Å²) in [7, 11) is 1.92. The van der Waals surface area contributed by atoms with Gasteiger partial charge >= 0.3 is 0 Å². The topological polar surface area (TPSA) is 43.4 Å². The maximum absolute atomic E-state index is 5.89. The van der Waals surface area contributed by atoms with Crippen molar-refractivity contribution in [2.24, 2.45) is 0 Å². The van der Waals surface area contributed by atoms with Gasteiger partial charge in [0, 0.05) is 24.6 Å². The molecule has 4 nitrogen and oxygen atoms in total. The van der Waals surface area contributed by atoms with Crippen molar-refractivity contribution in [3.63, 3.8) is 0 Å². The third-order valence-corrected chi connectivity index (χ3v) is 3.22. The zero-order chi connectivity index (χ0) is 14.9. The Balaban J connectivity index is 2.03. The summed E-state index contributed by atoms with van der Waals surface area (Å²) >= 11 is 0. The van der Waals surface area contributed by atoms with Crippen molar-refractivity contribution in [2.45, 2.75) is 26.3 Å². The summed E-state index contributed by atoms with van der Waals surface area (Å²) in [6, 6.07) is 10.1. The Labute approximate surface area is 126 Å². The van der Waals surface area contributed by atoms with Crippen LogP contribution in [0.15, 0.2) is 30.3 Å². The molecular weight excluding hydrogens is 264 g/mol. The highest BCUT2D eigenvalue weighted by Crippen LogP contribution is 2.25. The van der Waals surface area contributed by atoms with E-state index in [2.05, 4.69) is 17.2 Å². The van der Waals surface area contributed by atoms with E-state index in [-0.39, 0.29) is 0 Å². The van der Waals surface area contributed by atoms with E-state index in [1.54, 1.807) is 0 Å². The van der Waals surface area contributed by atoms with Crippen LogP contribution in [0.5, 0.6) is 5.75 Å². The molecular formula is C17H24N2O2. The molecule has 0 unspecified atom stereocenters. The summed E-state index contributed by atoms with van der Waals surface area (Å²) in [6.45, 7) is 4.89. The second kappa shape index (κ2) is 8.60. The number of hydrogen-bond donors (Lipinski definition) is 1. The lowest BCUT2D eigenvalue weighted by Gasteiger charge is -2.11. The maximum Gasteiger partial charge on any atom is 0.130 e. The minimum absolute atomic E-state index is 0.566. The number of nitrogens with zero attached hydrogens (tertiary/aromatic N) is 1. The van der Waals surface area contributed by atoms with Gasteiger partial charge in [0.15, 0.2) is 0 Å². The fourth-order valence-electron chi connectivity index (χ4n) is 2.15. The zero-order valence-electron chi connectivity index (χ0n) is 12.9. The van der Waals surface area contributed by atoms with E-state index >= 15 is 0 Å². The van der Waals surface area contributed by atoms with E-state index in [1.807, 2.05) is 37.4 Å². The highest BCUT2D eigenvalue weighted by atomic mass is 16.5. The first-order valence-corrected chi connectivity index (χ1v) is 7.59. The molecule has 0 spiro atoms. The molecule has 0 amide bonds. The van der Waals surface area contributed by atoms with Gasteiger partial charge in [-0.3, -0.25) is 4.98 Å². The molecule has 0 saturated heterocycles. The van der Waals surface area contributed by atoms with Gasteiger partial charge in [-0.2, -0.15) is 0 Å². The van der Waals surface area contributed by atoms with Crippen LogP contribution in [0.4, 0.5) is 0 Å². The molecule has 0 saturated carbocycles. The van der Waals surface area contributed by atoms with E-state index in [0.717, 1.165) is 48.3 Å². The molecule has 2 rings (SSSR count). The Hall–Kier alpha value is -1.65. The average molecular weight is 288 g/mol. The Bertz CT molecular complexity index is 557. The van der Waals surface area contributed by atoms with Gasteiger partial charge in [0.05, 0.1) is 17.8 Å². The van der Waals surface area contributed by atoms with Crippen molar-refractivity contribution in [2.75, 3.05) is 26.9 Å². The number of hydrogen-bond acceptors (Lipinski definition) is 4. The molecule has 1 heterocycles. The van der Waals surface area contributed by atoms with Crippen molar-refractivity contribution in [3.05, 3.63) is 36.0 Å². The van der Waals surface area contributed by atoms with Crippen LogP contribution in [0.1, 0.15) is 25.5 Å². The van der Waals surface area contributed by atoms with Crippen LogP contribution >= 0.6 is 0 Å². The van der Waals surface area contributed by atoms with E-state index in [1.165, 1.54) is 0 Å². The second-order valence-corrected chi connectivity index (χ2v) is 4.97. The molecule has 1 aromatic heterocycles. The summed E-state index contributed by atoms with van der Waals surface area (Å²) in [5, 5.41) is 4.17. The molecule has 0 aliphatic carbocycles. The third-order valence-electron chi connectivity index (χ3n) is 3.22. The Morgan fingerprint density at radius 3 is 2.81 bits per heavy atom. The zero-order valence-corrected chi connectivity index (χ0v) is 12.9. The Morgan fingerprint density at radius 2 is 2.00 bits per heavy atom. The molecule has 0 atom stereocenters. The van der Waals surface area contributed by atoms with Gasteiger partial charge in [-0.1, -0.05) is 25.5 Å². The number of para-hydroxylation sites is 1. The van der Waals surface area contributed by atoms with E-state index in [4.69, 9.17) is 9.47 Å². The predicted octanol–water partition coefficient (Wildman–Crippen LogP) is 3.15. The minimum atomic E-state index is 0.566. The fourth-order valence-corrected chi connectivity index (χ4v) is 2.15. The average Bonchev–Trinajstić information content (AvgIpc) is 2.51. The largest absolute Gasteiger partial charge is 0.490 e. The lowest BCUT2D eigenvalue weighted by Crippen LogP contribution is -2.10. The summed E-state index contributed by atoms with van der Waals surface area (Å²) in [4.78, 5) is 4.62. The number of rotatable bonds is 9. The summed E-state index contributed by atoms with van der Waals surface area (Å²) in [5.41, 5.74) is 1.95. The van der Waals surface area contributed by atoms with Crippen molar-refractivity contribution >= 4 is 10.9 Å². The van der Waals surface area contributed by atoms with Crippen LogP contribution < -0.4 is 10.1 Å². The van der Waals surface area contributed by atoms with Gasteiger partial charge in [-0.15, -0.1) is 0 Å². The second-order valence-electron chi connectivity index (χ2n) is 4.97. The van der Waals surface area contributed by atoms with Gasteiger partial charge in [0.25, 0.3) is 0 Å². The minimum Gasteiger partial charge on any atom is -0.490 e. The van der Waals surface area contributed by atoms with E-state index in [9.17, 15) is 0 Å². The molecule has 0 aliphatic heterocycles. The normalized spacial score (nSPS) is 11.0. The van der Waals surface area contributed by atoms with Crippen molar-refractivity contribution < 1.29 is 9.47 Å². The molecule has 1 aromatic carbocycles. The first kappa shape index (κ1) is 15.7. The SMILES string of the molecule is CCCCOCCOc1cc(CNC)nc2ccccc12. The van der Waals surface area contributed by atoms with Crippen LogP contribution in [0.2, 0.25) is 0 Å². The monoisotopic (exact) mass is 288 g/mol. The number of fused-ring (bicyclic) bond motifs is 1. The number of ether oxygens (including phenoxy) is 2. The molecule has 0 radical (unpaired) electrons. The fraction of sp³-hybridized carbons (Fsp3) is 0.471. The number of pyridine rings is 1. The number of benzene rings is 1. The van der Waals surface area contributed by atoms with Crippen LogP contribution in [0.25, 0.3) is 10.9 Å². The molecule has 0 bridgehead atoms. The maximum atomic E-state index is 5.89. The van der Waals surface area contributed by atoms with Crippen molar-refractivity contribution in [3.8, 4) is 5.75 Å². The molecule has 0 aliphatic rings. The smallest absolute Gasteiger partial charge is 0.130 e. The van der Waals surface area contributed by atoms with Gasteiger partial charge in [-0.05, 0) is 25.6 Å². The number of unbranched alkanes of at least 4 members (excludes halogenated alkanes) is 1. The van der Waals surface area contributed by atoms with Crippen molar-refractivity contribution in [1.82, 2.24) is 10.3 Å². The highest BCUT2D eigenvalue weighted by molar-refractivity contribution is 5.85. The van der Waals surface area contributed by atoms with Gasteiger partial charge in [0.2, 0.25) is 0 Å². The van der Waals surface area contributed by atoms with Crippen molar-refractivity contribution in [1.29, 1.82) is 0 Å². The van der Waals surface area contributed by atoms with Crippen LogP contribution in [-0.2, 0) is 11.3 Å². The summed E-state index contributed by atoms with van der Waals surface area (Å²) in [6.07, 6.45) is 2.26. The standard InChI is InChI=1S/C17H24N2O2/c1-3-4-9-20-10-11-21-17-12-14(13-18-2)19-16-8-6-5-7-15(16)17/h5-8,12,18H,3-4,9-11,13H2,1-2H3. The summed E-state index contributed by atoms with van der Waals surface area (Å²) < 4.78 is 11.4. The van der Waals surface area contributed by atoms with Crippen LogP contribution in [0.3, 0.4) is 0 Å². The Morgan fingerprint density at radius 1 is 1.14 bits per heavy atom. The number of aromatic nitrogens is 1. The molecule has 21 heavy (non-hydrogen) atoms. The van der Waals surface area contributed by atoms with Crippen LogP contribution in [-0.4, -0.2) is 31.9 Å². The lowest BCUT2D eigenvalue weighted by atomic mass is 10.2. The lowest BCUT2D eigenvalue weighted by molar-refractivity contribution is 0.0985. The predicted molar refractivity (Wildman–Crippen MR) is 85.7 cm³/mol. The first-order valence-electron chi connectivity index (χ1n) is 7.59. The molecule has 1 N–H and O–H groups in total. The number of nitrogens with one attached hydrogen (secondary N) is 1. The quantitative estimate of drug-likeness (QED) is 0.720. The van der Waals surface area contributed by atoms with Gasteiger partial charge < -0.3 is 14.8 Å². The molecule has 114 valence electrons. The molecule has 0 fully saturated rings. The first-order chi connectivity index (χ1) is 10.3. The van der Waals surface area contributed by atoms with E-state index < -0.39 is 0 Å². The van der Waals surface area contributed by atoms with Gasteiger partial charge in [0.1, 0.15) is 12.4 Å². The molecule has 4 heteroatoms. The third kappa shape index (κ3) is 4.69. The van der Waals surface area contributed by atoms with Gasteiger partial charge in [-0.25, -0.2) is 0 Å². The highest BCUT2D eigenvalue weighted by Gasteiger charge is 2.06. The van der Waals surface area contributed by atoms with Crippen LogP contribution in [0, 0.1) is 0 Å². The molecule has 2 aromatic rings. The van der Waals surface area contributed by atoms with E-state index in [0.29, 0.717) is 13.2 Å².